The number of anilines is 1. The molecule has 90 valence electrons. The van der Waals surface area contributed by atoms with Crippen LogP contribution in [0.2, 0.25) is 0 Å². The van der Waals surface area contributed by atoms with Crippen LogP contribution >= 0.6 is 0 Å². The van der Waals surface area contributed by atoms with Gasteiger partial charge in [0.25, 0.3) is 5.91 Å². The zero-order valence-corrected chi connectivity index (χ0v) is 10.0. The first-order chi connectivity index (χ1) is 8.11. The Morgan fingerprint density at radius 3 is 2.82 bits per heavy atom. The number of aryl methyl sites for hydroxylation is 3. The number of rotatable bonds is 3. The van der Waals surface area contributed by atoms with E-state index in [2.05, 4.69) is 15.6 Å². The zero-order valence-electron chi connectivity index (χ0n) is 10.0. The number of nitrogens with one attached hydrogen (secondary N) is 1. The highest BCUT2D eigenvalue weighted by molar-refractivity contribution is 6.04. The Kier molecular flexibility index (Phi) is 2.95. The lowest BCUT2D eigenvalue weighted by Gasteiger charge is -2.01. The van der Waals surface area contributed by atoms with Crippen LogP contribution in [-0.4, -0.2) is 20.8 Å². The fourth-order valence-corrected chi connectivity index (χ4v) is 1.50. The Morgan fingerprint density at radius 2 is 2.29 bits per heavy atom. The molecule has 0 aliphatic rings. The number of carbonyl (C=O) groups is 1. The van der Waals surface area contributed by atoms with Gasteiger partial charge < -0.3 is 9.84 Å². The van der Waals surface area contributed by atoms with Crippen molar-refractivity contribution in [2.45, 2.75) is 27.3 Å². The van der Waals surface area contributed by atoms with E-state index < -0.39 is 0 Å². The van der Waals surface area contributed by atoms with E-state index in [0.717, 1.165) is 6.54 Å². The second-order valence-electron chi connectivity index (χ2n) is 3.74. The van der Waals surface area contributed by atoms with Crippen molar-refractivity contribution in [3.05, 3.63) is 29.4 Å². The molecule has 1 N–H and O–H groups in total. The Labute approximate surface area is 98.6 Å². The van der Waals surface area contributed by atoms with E-state index in [9.17, 15) is 4.79 Å². The van der Waals surface area contributed by atoms with Crippen LogP contribution in [0.25, 0.3) is 0 Å². The largest absolute Gasteiger partial charge is 0.359 e. The average Bonchev–Trinajstić information content (AvgIpc) is 2.90. The molecule has 0 aromatic carbocycles. The van der Waals surface area contributed by atoms with Gasteiger partial charge in [0.1, 0.15) is 11.4 Å². The smallest absolute Gasteiger partial charge is 0.258 e. The lowest BCUT2D eigenvalue weighted by Crippen LogP contribution is -2.12. The van der Waals surface area contributed by atoms with Gasteiger partial charge in [-0.25, -0.2) is 0 Å². The normalized spacial score (nSPS) is 10.5. The molecule has 6 nitrogen and oxygen atoms in total. The Morgan fingerprint density at radius 1 is 1.53 bits per heavy atom. The summed E-state index contributed by atoms with van der Waals surface area (Å²) in [4.78, 5) is 11.9. The van der Waals surface area contributed by atoms with Gasteiger partial charge in [-0.2, -0.15) is 5.10 Å². The maximum Gasteiger partial charge on any atom is 0.258 e. The molecule has 6 heteroatoms. The van der Waals surface area contributed by atoms with E-state index >= 15 is 0 Å². The topological polar surface area (TPSA) is 73.0 Å². The number of nitrogens with zero attached hydrogens (tertiary/aromatic N) is 3. The van der Waals surface area contributed by atoms with Crippen LogP contribution in [0.1, 0.15) is 28.7 Å². The molecule has 2 heterocycles. The Bertz CT molecular complexity index is 522. The predicted octanol–water partition coefficient (Wildman–Crippen LogP) is 1.76. The Balaban J connectivity index is 2.17. The third kappa shape index (κ3) is 2.20. The first kappa shape index (κ1) is 11.4. The van der Waals surface area contributed by atoms with E-state index in [-0.39, 0.29) is 5.91 Å². The molecule has 2 aromatic rings. The summed E-state index contributed by atoms with van der Waals surface area (Å²) in [6.07, 6.45) is 3.24. The molecule has 0 aliphatic carbocycles. The fraction of sp³-hybridized carbons (Fsp3) is 0.364. The van der Waals surface area contributed by atoms with Crippen LogP contribution in [0, 0.1) is 13.8 Å². The maximum absolute atomic E-state index is 11.9. The van der Waals surface area contributed by atoms with Crippen LogP contribution in [-0.2, 0) is 6.54 Å². The first-order valence-corrected chi connectivity index (χ1v) is 5.38. The molecule has 0 saturated heterocycles. The summed E-state index contributed by atoms with van der Waals surface area (Å²) in [5.41, 5.74) is 1.81. The minimum absolute atomic E-state index is 0.209. The summed E-state index contributed by atoms with van der Waals surface area (Å²) in [5, 5.41) is 10.6. The molecule has 0 fully saturated rings. The van der Waals surface area contributed by atoms with Crippen molar-refractivity contribution < 1.29 is 9.32 Å². The van der Waals surface area contributed by atoms with Crippen LogP contribution in [0.3, 0.4) is 0 Å². The summed E-state index contributed by atoms with van der Waals surface area (Å²) in [6.45, 7) is 6.23. The molecule has 0 saturated carbocycles. The van der Waals surface area contributed by atoms with Gasteiger partial charge >= 0.3 is 0 Å². The second-order valence-corrected chi connectivity index (χ2v) is 3.74. The molecule has 0 atom stereocenters. The van der Waals surface area contributed by atoms with E-state index in [1.54, 1.807) is 24.7 Å². The molecule has 0 bridgehead atoms. The van der Waals surface area contributed by atoms with Crippen LogP contribution in [0.4, 0.5) is 5.69 Å². The minimum atomic E-state index is -0.209. The standard InChI is InChI=1S/C11H14N4O2/c1-4-15-6-9(5-12-15)11(16)13-10-7(2)14-17-8(10)3/h5-6H,4H2,1-3H3,(H,13,16). The average molecular weight is 234 g/mol. The first-order valence-electron chi connectivity index (χ1n) is 5.38. The maximum atomic E-state index is 11.9. The molecule has 2 rings (SSSR count). The van der Waals surface area contributed by atoms with Crippen LogP contribution in [0.15, 0.2) is 16.9 Å². The van der Waals surface area contributed by atoms with Crippen molar-refractivity contribution in [3.63, 3.8) is 0 Å². The van der Waals surface area contributed by atoms with Gasteiger partial charge in [0.15, 0.2) is 5.76 Å². The molecule has 0 radical (unpaired) electrons. The third-order valence-corrected chi connectivity index (χ3v) is 2.49. The quantitative estimate of drug-likeness (QED) is 0.878. The molecule has 0 unspecified atom stereocenters. The zero-order chi connectivity index (χ0) is 12.4. The van der Waals surface area contributed by atoms with E-state index in [0.29, 0.717) is 22.7 Å². The van der Waals surface area contributed by atoms with Gasteiger partial charge in [0.2, 0.25) is 0 Å². The van der Waals surface area contributed by atoms with Gasteiger partial charge in [0, 0.05) is 12.7 Å². The molecule has 2 aromatic heterocycles. The SMILES string of the molecule is CCn1cc(C(=O)Nc2c(C)noc2C)cn1. The van der Waals surface area contributed by atoms with Gasteiger partial charge in [-0.3, -0.25) is 9.48 Å². The summed E-state index contributed by atoms with van der Waals surface area (Å²) < 4.78 is 6.67. The van der Waals surface area contributed by atoms with Crippen molar-refractivity contribution in [1.29, 1.82) is 0 Å². The number of carbonyl (C=O) groups excluding carboxylic acids is 1. The number of hydrogen-bond acceptors (Lipinski definition) is 4. The number of aromatic nitrogens is 3. The second kappa shape index (κ2) is 4.40. The van der Waals surface area contributed by atoms with Gasteiger partial charge in [-0.05, 0) is 20.8 Å². The summed E-state index contributed by atoms with van der Waals surface area (Å²) in [5.74, 6) is 0.387. The summed E-state index contributed by atoms with van der Waals surface area (Å²) >= 11 is 0. The van der Waals surface area contributed by atoms with Crippen molar-refractivity contribution >= 4 is 11.6 Å². The van der Waals surface area contributed by atoms with E-state index in [1.807, 2.05) is 6.92 Å². The lowest BCUT2D eigenvalue weighted by molar-refractivity contribution is 0.102. The minimum Gasteiger partial charge on any atom is -0.359 e. The predicted molar refractivity (Wildman–Crippen MR) is 61.8 cm³/mol. The van der Waals surface area contributed by atoms with Crippen LogP contribution < -0.4 is 5.32 Å². The number of amides is 1. The van der Waals surface area contributed by atoms with Crippen LogP contribution in [0.5, 0.6) is 0 Å². The summed E-state index contributed by atoms with van der Waals surface area (Å²) in [7, 11) is 0. The van der Waals surface area contributed by atoms with Gasteiger partial charge in [-0.15, -0.1) is 0 Å². The highest BCUT2D eigenvalue weighted by Crippen LogP contribution is 2.19. The monoisotopic (exact) mass is 234 g/mol. The lowest BCUT2D eigenvalue weighted by atomic mass is 10.3. The third-order valence-electron chi connectivity index (χ3n) is 2.49. The Hall–Kier alpha value is -2.11. The fourth-order valence-electron chi connectivity index (χ4n) is 1.50. The van der Waals surface area contributed by atoms with Crippen molar-refractivity contribution in [3.8, 4) is 0 Å². The molecular formula is C11H14N4O2. The van der Waals surface area contributed by atoms with Crippen molar-refractivity contribution in [1.82, 2.24) is 14.9 Å². The van der Waals surface area contributed by atoms with Crippen molar-refractivity contribution in [2.24, 2.45) is 0 Å². The summed E-state index contributed by atoms with van der Waals surface area (Å²) in [6, 6.07) is 0. The van der Waals surface area contributed by atoms with Gasteiger partial charge in [0.05, 0.1) is 11.8 Å². The molecule has 0 aliphatic heterocycles. The van der Waals surface area contributed by atoms with E-state index in [1.165, 1.54) is 6.20 Å². The number of hydrogen-bond donors (Lipinski definition) is 1. The molecule has 1 amide bonds. The molecular weight excluding hydrogens is 220 g/mol. The molecule has 17 heavy (non-hydrogen) atoms. The van der Waals surface area contributed by atoms with E-state index in [4.69, 9.17) is 4.52 Å². The highest BCUT2D eigenvalue weighted by atomic mass is 16.5. The van der Waals surface area contributed by atoms with Crippen molar-refractivity contribution in [2.75, 3.05) is 5.32 Å². The molecule has 0 spiro atoms. The highest BCUT2D eigenvalue weighted by Gasteiger charge is 2.14. The van der Waals surface area contributed by atoms with Gasteiger partial charge in [-0.1, -0.05) is 5.16 Å².